The lowest BCUT2D eigenvalue weighted by molar-refractivity contribution is -0.135. The molecular formula is C16H18FN3O2. The van der Waals surface area contributed by atoms with E-state index >= 15 is 0 Å². The Kier molecular flexibility index (Phi) is 3.68. The number of hydrogen-bond acceptors (Lipinski definition) is 4. The molecule has 2 atom stereocenters. The number of rotatable bonds is 2. The first-order valence-electron chi connectivity index (χ1n) is 7.34. The molecule has 1 aromatic carbocycles. The van der Waals surface area contributed by atoms with Crippen molar-refractivity contribution in [2.24, 2.45) is 0 Å². The smallest absolute Gasteiger partial charge is 0.232 e. The molecule has 2 aromatic rings. The molecule has 2 unspecified atom stereocenters. The Morgan fingerprint density at radius 3 is 2.86 bits per heavy atom. The van der Waals surface area contributed by atoms with E-state index < -0.39 is 0 Å². The fourth-order valence-corrected chi connectivity index (χ4v) is 3.20. The molecule has 0 radical (unpaired) electrons. The summed E-state index contributed by atoms with van der Waals surface area (Å²) in [4.78, 5) is 14.4. The van der Waals surface area contributed by atoms with Crippen LogP contribution >= 0.6 is 0 Å². The number of halogens is 1. The minimum atomic E-state index is -0.237. The molecule has 116 valence electrons. The van der Waals surface area contributed by atoms with Gasteiger partial charge in [-0.15, -0.1) is 10.2 Å². The first kappa shape index (κ1) is 14.7. The maximum Gasteiger partial charge on any atom is 0.232 e. The minimum absolute atomic E-state index is 0.000758. The predicted octanol–water partition coefficient (Wildman–Crippen LogP) is 2.59. The van der Waals surface area contributed by atoms with Crippen molar-refractivity contribution in [1.29, 1.82) is 0 Å². The van der Waals surface area contributed by atoms with Crippen molar-refractivity contribution in [2.45, 2.75) is 45.7 Å². The second-order valence-electron chi connectivity index (χ2n) is 5.76. The van der Waals surface area contributed by atoms with Crippen molar-refractivity contribution < 1.29 is 13.6 Å². The summed E-state index contributed by atoms with van der Waals surface area (Å²) >= 11 is 0. The fourth-order valence-electron chi connectivity index (χ4n) is 3.20. The van der Waals surface area contributed by atoms with Crippen LogP contribution in [0.4, 0.5) is 4.39 Å². The Hall–Kier alpha value is -2.24. The third-order valence-electron chi connectivity index (χ3n) is 4.12. The zero-order valence-corrected chi connectivity index (χ0v) is 12.8. The Morgan fingerprint density at radius 2 is 2.18 bits per heavy atom. The second-order valence-corrected chi connectivity index (χ2v) is 5.76. The average Bonchev–Trinajstić information content (AvgIpc) is 2.83. The molecule has 22 heavy (non-hydrogen) atoms. The SMILES string of the molecule is Cc1nnc(CC(=O)N2C(C)Cc3cc(F)ccc3C2C)o1. The lowest BCUT2D eigenvalue weighted by atomic mass is 9.89. The van der Waals surface area contributed by atoms with E-state index in [0.29, 0.717) is 18.2 Å². The summed E-state index contributed by atoms with van der Waals surface area (Å²) < 4.78 is 18.7. The van der Waals surface area contributed by atoms with Gasteiger partial charge < -0.3 is 9.32 Å². The van der Waals surface area contributed by atoms with E-state index in [1.165, 1.54) is 6.07 Å². The van der Waals surface area contributed by atoms with Gasteiger partial charge in [0.2, 0.25) is 17.7 Å². The van der Waals surface area contributed by atoms with Gasteiger partial charge in [0.25, 0.3) is 0 Å². The predicted molar refractivity (Wildman–Crippen MR) is 77.6 cm³/mol. The maximum absolute atomic E-state index is 13.4. The number of aromatic nitrogens is 2. The van der Waals surface area contributed by atoms with Crippen molar-refractivity contribution >= 4 is 5.91 Å². The summed E-state index contributed by atoms with van der Waals surface area (Å²) in [6.45, 7) is 5.63. The third kappa shape index (κ3) is 2.61. The van der Waals surface area contributed by atoms with Crippen molar-refractivity contribution in [3.05, 3.63) is 46.9 Å². The highest BCUT2D eigenvalue weighted by Crippen LogP contribution is 2.33. The highest BCUT2D eigenvalue weighted by molar-refractivity contribution is 5.79. The average molecular weight is 303 g/mol. The first-order chi connectivity index (χ1) is 10.5. The van der Waals surface area contributed by atoms with Crippen LogP contribution in [0.25, 0.3) is 0 Å². The van der Waals surface area contributed by atoms with E-state index in [-0.39, 0.29) is 30.2 Å². The van der Waals surface area contributed by atoms with E-state index in [1.807, 2.05) is 18.7 Å². The Labute approximate surface area is 128 Å². The molecule has 1 aliphatic rings. The number of carbonyl (C=O) groups is 1. The zero-order valence-electron chi connectivity index (χ0n) is 12.8. The quantitative estimate of drug-likeness (QED) is 0.855. The van der Waals surface area contributed by atoms with Gasteiger partial charge in [-0.2, -0.15) is 0 Å². The van der Waals surface area contributed by atoms with E-state index in [2.05, 4.69) is 10.2 Å². The van der Waals surface area contributed by atoms with Gasteiger partial charge in [-0.3, -0.25) is 4.79 Å². The fraction of sp³-hybridized carbons (Fsp3) is 0.438. The topological polar surface area (TPSA) is 59.2 Å². The van der Waals surface area contributed by atoms with Gasteiger partial charge in [0, 0.05) is 13.0 Å². The van der Waals surface area contributed by atoms with Crippen LogP contribution in [0, 0.1) is 12.7 Å². The Balaban J connectivity index is 1.84. The van der Waals surface area contributed by atoms with Crippen LogP contribution < -0.4 is 0 Å². The van der Waals surface area contributed by atoms with Crippen molar-refractivity contribution in [3.63, 3.8) is 0 Å². The molecular weight excluding hydrogens is 285 g/mol. The summed E-state index contributed by atoms with van der Waals surface area (Å²) in [5.74, 6) is 0.480. The number of carbonyl (C=O) groups excluding carboxylic acids is 1. The van der Waals surface area contributed by atoms with Gasteiger partial charge in [0.15, 0.2) is 0 Å². The van der Waals surface area contributed by atoms with E-state index in [9.17, 15) is 9.18 Å². The summed E-state index contributed by atoms with van der Waals surface area (Å²) in [6, 6.07) is 4.66. The molecule has 1 aromatic heterocycles. The largest absolute Gasteiger partial charge is 0.425 e. The van der Waals surface area contributed by atoms with Crippen LogP contribution in [0.2, 0.25) is 0 Å². The molecule has 6 heteroatoms. The van der Waals surface area contributed by atoms with Gasteiger partial charge >= 0.3 is 0 Å². The highest BCUT2D eigenvalue weighted by atomic mass is 19.1. The van der Waals surface area contributed by atoms with E-state index in [0.717, 1.165) is 11.1 Å². The van der Waals surface area contributed by atoms with Crippen molar-refractivity contribution in [3.8, 4) is 0 Å². The van der Waals surface area contributed by atoms with Crippen molar-refractivity contribution in [1.82, 2.24) is 15.1 Å². The van der Waals surface area contributed by atoms with Gasteiger partial charge in [0.1, 0.15) is 12.2 Å². The van der Waals surface area contributed by atoms with Crippen LogP contribution in [-0.4, -0.2) is 27.0 Å². The number of benzene rings is 1. The standard InChI is InChI=1S/C16H18FN3O2/c1-9-6-12-7-13(17)4-5-14(12)10(2)20(9)16(21)8-15-19-18-11(3)22-15/h4-5,7,9-10H,6,8H2,1-3H3. The number of fused-ring (bicyclic) bond motifs is 1. The Bertz CT molecular complexity index is 713. The molecule has 0 aliphatic carbocycles. The summed E-state index contributed by atoms with van der Waals surface area (Å²) in [5.41, 5.74) is 1.97. The molecule has 3 rings (SSSR count). The van der Waals surface area contributed by atoms with Gasteiger partial charge in [-0.25, -0.2) is 4.39 Å². The van der Waals surface area contributed by atoms with Crippen LogP contribution in [-0.2, 0) is 17.6 Å². The molecule has 0 saturated heterocycles. The highest BCUT2D eigenvalue weighted by Gasteiger charge is 2.33. The summed E-state index contributed by atoms with van der Waals surface area (Å²) in [7, 11) is 0. The van der Waals surface area contributed by atoms with Crippen LogP contribution in [0.5, 0.6) is 0 Å². The number of amides is 1. The minimum Gasteiger partial charge on any atom is -0.425 e. The van der Waals surface area contributed by atoms with Crippen molar-refractivity contribution in [2.75, 3.05) is 0 Å². The maximum atomic E-state index is 13.4. The molecule has 0 fully saturated rings. The molecule has 1 amide bonds. The lowest BCUT2D eigenvalue weighted by Crippen LogP contribution is -2.45. The van der Waals surface area contributed by atoms with Gasteiger partial charge in [-0.1, -0.05) is 6.07 Å². The number of aryl methyl sites for hydroxylation is 1. The first-order valence-corrected chi connectivity index (χ1v) is 7.34. The monoisotopic (exact) mass is 303 g/mol. The van der Waals surface area contributed by atoms with Crippen LogP contribution in [0.15, 0.2) is 22.6 Å². The molecule has 2 heterocycles. The molecule has 0 spiro atoms. The van der Waals surface area contributed by atoms with Gasteiger partial charge in [0.05, 0.1) is 6.04 Å². The van der Waals surface area contributed by atoms with E-state index in [1.54, 1.807) is 19.1 Å². The van der Waals surface area contributed by atoms with Gasteiger partial charge in [-0.05, 0) is 43.5 Å². The van der Waals surface area contributed by atoms with Crippen LogP contribution in [0.1, 0.15) is 42.8 Å². The lowest BCUT2D eigenvalue weighted by Gasteiger charge is -2.40. The molecule has 0 saturated carbocycles. The normalized spacial score (nSPS) is 20.8. The number of hydrogen-bond donors (Lipinski definition) is 0. The Morgan fingerprint density at radius 1 is 1.41 bits per heavy atom. The molecule has 0 N–H and O–H groups in total. The molecule has 1 aliphatic heterocycles. The zero-order chi connectivity index (χ0) is 15.9. The summed E-state index contributed by atoms with van der Waals surface area (Å²) in [5, 5.41) is 7.61. The second kappa shape index (κ2) is 5.51. The molecule has 0 bridgehead atoms. The van der Waals surface area contributed by atoms with Crippen LogP contribution in [0.3, 0.4) is 0 Å². The molecule has 5 nitrogen and oxygen atoms in total. The summed E-state index contributed by atoms with van der Waals surface area (Å²) in [6.07, 6.45) is 0.734. The third-order valence-corrected chi connectivity index (χ3v) is 4.12. The number of nitrogens with zero attached hydrogens (tertiary/aromatic N) is 3. The van der Waals surface area contributed by atoms with E-state index in [4.69, 9.17) is 4.42 Å².